The van der Waals surface area contributed by atoms with E-state index < -0.39 is 18.6 Å². The minimum atomic E-state index is -3.74. The van der Waals surface area contributed by atoms with Crippen molar-refractivity contribution in [2.24, 2.45) is 0 Å². The summed E-state index contributed by atoms with van der Waals surface area (Å²) in [5.74, 6) is -1.07. The van der Waals surface area contributed by atoms with Gasteiger partial charge in [0.25, 0.3) is 0 Å². The Balaban J connectivity index is 1.72. The molecule has 0 saturated carbocycles. The molecule has 0 aliphatic carbocycles. The standard InChI is InChI=1S/C16H12BrCl2F2N4O2P/c1-28(26,25-13-5-3-10(17)6-12(13)18)8-11-4-2-9(7-22-11)14-23-15(27-24-14)16(19,20)21/h2-7H,8H2,1H3,(H,25,26). The zero-order chi connectivity index (χ0) is 20.5. The van der Waals surface area contributed by atoms with Crippen LogP contribution in [0.15, 0.2) is 45.5 Å². The van der Waals surface area contributed by atoms with Gasteiger partial charge in [-0.1, -0.05) is 32.7 Å². The topological polar surface area (TPSA) is 80.9 Å². The van der Waals surface area contributed by atoms with Gasteiger partial charge in [0.05, 0.1) is 16.9 Å². The largest absolute Gasteiger partial charge is 0.400 e. The highest BCUT2D eigenvalue weighted by atomic mass is 79.9. The maximum atomic E-state index is 13.0. The van der Waals surface area contributed by atoms with Gasteiger partial charge < -0.3 is 14.2 Å². The van der Waals surface area contributed by atoms with Gasteiger partial charge in [0.1, 0.15) is 0 Å². The van der Waals surface area contributed by atoms with Crippen molar-refractivity contribution in [2.45, 2.75) is 11.5 Å². The lowest BCUT2D eigenvalue weighted by Gasteiger charge is -2.17. The van der Waals surface area contributed by atoms with Gasteiger partial charge >= 0.3 is 11.3 Å². The van der Waals surface area contributed by atoms with E-state index >= 15 is 0 Å². The van der Waals surface area contributed by atoms with Gasteiger partial charge in [-0.15, -0.1) is 0 Å². The molecule has 0 radical (unpaired) electrons. The Morgan fingerprint density at radius 2 is 2.07 bits per heavy atom. The molecule has 0 amide bonds. The van der Waals surface area contributed by atoms with E-state index in [2.05, 4.69) is 40.7 Å². The Kier molecular flexibility index (Phi) is 6.10. The van der Waals surface area contributed by atoms with Crippen molar-refractivity contribution < 1.29 is 17.9 Å². The van der Waals surface area contributed by atoms with Crippen LogP contribution >= 0.6 is 46.4 Å². The highest BCUT2D eigenvalue weighted by Gasteiger charge is 2.35. The molecule has 0 spiro atoms. The summed E-state index contributed by atoms with van der Waals surface area (Å²) in [5.41, 5.74) is 1.44. The Hall–Kier alpha value is -1.54. The van der Waals surface area contributed by atoms with Crippen LogP contribution < -0.4 is 5.09 Å². The minimum Gasteiger partial charge on any atom is -0.335 e. The number of hydrogen-bond donors (Lipinski definition) is 1. The molecule has 0 fully saturated rings. The third kappa shape index (κ3) is 5.29. The quantitative estimate of drug-likeness (QED) is 0.306. The molecule has 28 heavy (non-hydrogen) atoms. The van der Waals surface area contributed by atoms with Crippen LogP contribution in [0.25, 0.3) is 11.4 Å². The number of aromatic nitrogens is 3. The zero-order valence-corrected chi connectivity index (χ0v) is 18.2. The van der Waals surface area contributed by atoms with Crippen LogP contribution in [0.2, 0.25) is 5.02 Å². The van der Waals surface area contributed by atoms with Crippen molar-refractivity contribution >= 4 is 52.1 Å². The molecule has 1 unspecified atom stereocenters. The molecule has 0 aliphatic rings. The molecule has 2 aromatic heterocycles. The van der Waals surface area contributed by atoms with Gasteiger partial charge in [-0.3, -0.25) is 4.98 Å². The summed E-state index contributed by atoms with van der Waals surface area (Å²) in [6, 6.07) is 8.37. The number of rotatable bonds is 6. The molecule has 0 saturated heterocycles. The zero-order valence-electron chi connectivity index (χ0n) is 14.2. The van der Waals surface area contributed by atoms with Crippen LogP contribution in [0.3, 0.4) is 0 Å². The maximum Gasteiger partial charge on any atom is 0.400 e. The molecule has 0 aliphatic heterocycles. The van der Waals surface area contributed by atoms with E-state index in [0.29, 0.717) is 22.0 Å². The molecule has 3 aromatic rings. The first-order chi connectivity index (χ1) is 13.0. The fourth-order valence-electron chi connectivity index (χ4n) is 2.29. The van der Waals surface area contributed by atoms with Crippen LogP contribution in [-0.2, 0) is 16.1 Å². The number of benzene rings is 1. The van der Waals surface area contributed by atoms with Gasteiger partial charge in [0.15, 0.2) is 7.29 Å². The molecule has 3 rings (SSSR count). The second-order valence-electron chi connectivity index (χ2n) is 5.95. The van der Waals surface area contributed by atoms with Gasteiger partial charge in [-0.05, 0) is 41.9 Å². The molecule has 0 bridgehead atoms. The van der Waals surface area contributed by atoms with Crippen LogP contribution in [0.1, 0.15) is 11.6 Å². The Morgan fingerprint density at radius 1 is 1.32 bits per heavy atom. The maximum absolute atomic E-state index is 13.0. The fraction of sp³-hybridized carbons (Fsp3) is 0.188. The van der Waals surface area contributed by atoms with E-state index in [-0.39, 0.29) is 12.0 Å². The average molecular weight is 512 g/mol. The van der Waals surface area contributed by atoms with Crippen molar-refractivity contribution in [1.82, 2.24) is 15.1 Å². The lowest BCUT2D eigenvalue weighted by atomic mass is 10.2. The lowest BCUT2D eigenvalue weighted by Crippen LogP contribution is -2.03. The highest BCUT2D eigenvalue weighted by Crippen LogP contribution is 2.46. The second-order valence-corrected chi connectivity index (χ2v) is 10.5. The average Bonchev–Trinajstić information content (AvgIpc) is 3.08. The van der Waals surface area contributed by atoms with Gasteiger partial charge in [0.2, 0.25) is 5.82 Å². The monoisotopic (exact) mass is 510 g/mol. The summed E-state index contributed by atoms with van der Waals surface area (Å²) in [4.78, 5) is 7.74. The van der Waals surface area contributed by atoms with E-state index in [1.807, 2.05) is 0 Å². The van der Waals surface area contributed by atoms with Crippen molar-refractivity contribution in [3.8, 4) is 11.4 Å². The molecule has 12 heteroatoms. The number of nitrogens with zero attached hydrogens (tertiary/aromatic N) is 3. The van der Waals surface area contributed by atoms with Crippen molar-refractivity contribution in [3.05, 3.63) is 57.6 Å². The van der Waals surface area contributed by atoms with E-state index in [1.165, 1.54) is 6.20 Å². The fourth-order valence-corrected chi connectivity index (χ4v) is 4.74. The number of nitrogens with one attached hydrogen (secondary N) is 1. The number of alkyl halides is 3. The number of anilines is 1. The first kappa shape index (κ1) is 21.2. The van der Waals surface area contributed by atoms with Gasteiger partial charge in [-0.2, -0.15) is 13.8 Å². The van der Waals surface area contributed by atoms with E-state index in [4.69, 9.17) is 23.2 Å². The minimum absolute atomic E-state index is 0.0752. The second kappa shape index (κ2) is 8.06. The predicted octanol–water partition coefficient (Wildman–Crippen LogP) is 6.36. The van der Waals surface area contributed by atoms with E-state index in [1.54, 1.807) is 37.0 Å². The lowest BCUT2D eigenvalue weighted by molar-refractivity contribution is 0.0551. The third-order valence-electron chi connectivity index (χ3n) is 3.50. The van der Waals surface area contributed by atoms with Crippen molar-refractivity contribution in [3.63, 3.8) is 0 Å². The summed E-state index contributed by atoms with van der Waals surface area (Å²) in [6.07, 6.45) is 1.53. The third-order valence-corrected chi connectivity index (χ3v) is 6.11. The Morgan fingerprint density at radius 3 is 2.64 bits per heavy atom. The molecule has 1 aromatic carbocycles. The summed E-state index contributed by atoms with van der Waals surface area (Å²) in [5, 5.41) is 3.10. The molecule has 1 atom stereocenters. The number of pyridine rings is 1. The summed E-state index contributed by atoms with van der Waals surface area (Å²) >= 11 is 14.3. The van der Waals surface area contributed by atoms with Crippen LogP contribution in [0, 0.1) is 0 Å². The smallest absolute Gasteiger partial charge is 0.335 e. The first-order valence-corrected chi connectivity index (χ1v) is 11.6. The van der Waals surface area contributed by atoms with Gasteiger partial charge in [0, 0.05) is 28.6 Å². The van der Waals surface area contributed by atoms with Crippen LogP contribution in [0.4, 0.5) is 14.5 Å². The summed E-state index contributed by atoms with van der Waals surface area (Å²) in [7, 11) is -2.86. The highest BCUT2D eigenvalue weighted by molar-refractivity contribution is 9.10. The van der Waals surface area contributed by atoms with E-state index in [0.717, 1.165) is 4.47 Å². The first-order valence-electron chi connectivity index (χ1n) is 7.69. The SMILES string of the molecule is CP(=O)(Cc1ccc(-c2noc(C(F)(F)Cl)n2)cn1)Nc1ccc(Br)cc1Cl. The predicted molar refractivity (Wildman–Crippen MR) is 107 cm³/mol. The molecular weight excluding hydrogens is 500 g/mol. The summed E-state index contributed by atoms with van der Waals surface area (Å²) < 4.78 is 44.1. The van der Waals surface area contributed by atoms with Crippen molar-refractivity contribution in [1.29, 1.82) is 0 Å². The molecule has 1 N–H and O–H groups in total. The number of hydrogen-bond acceptors (Lipinski definition) is 5. The molecule has 2 heterocycles. The molecule has 6 nitrogen and oxygen atoms in total. The number of halogens is 5. The van der Waals surface area contributed by atoms with E-state index in [9.17, 15) is 13.3 Å². The van der Waals surface area contributed by atoms with Gasteiger partial charge in [-0.25, -0.2) is 0 Å². The van der Waals surface area contributed by atoms with Crippen molar-refractivity contribution in [2.75, 3.05) is 11.8 Å². The summed E-state index contributed by atoms with van der Waals surface area (Å²) in [6.45, 7) is 1.58. The van der Waals surface area contributed by atoms with Crippen LogP contribution in [-0.4, -0.2) is 21.8 Å². The Bertz CT molecular complexity index is 1040. The van der Waals surface area contributed by atoms with Crippen LogP contribution in [0.5, 0.6) is 0 Å². The molecular formula is C16H12BrCl2F2N4O2P. The Labute approximate surface area is 177 Å². The normalized spacial score (nSPS) is 13.9. The molecule has 148 valence electrons.